The molecule has 1 aliphatic rings. The Morgan fingerprint density at radius 3 is 2.71 bits per heavy atom. The van der Waals surface area contributed by atoms with Crippen LogP contribution in [0.1, 0.15) is 11.1 Å². The molecule has 0 aliphatic carbocycles. The largest absolute Gasteiger partial charge is 0.326 e. The van der Waals surface area contributed by atoms with Crippen LogP contribution in [0.2, 0.25) is 0 Å². The average Bonchev–Trinajstić information content (AvgIpc) is 2.77. The molecule has 0 saturated carbocycles. The van der Waals surface area contributed by atoms with E-state index in [1.54, 1.807) is 24.3 Å². The summed E-state index contributed by atoms with van der Waals surface area (Å²) in [4.78, 5) is 11.5. The van der Waals surface area contributed by atoms with E-state index in [0.29, 0.717) is 16.9 Å². The van der Waals surface area contributed by atoms with E-state index >= 15 is 0 Å². The summed E-state index contributed by atoms with van der Waals surface area (Å²) >= 11 is 0. The number of hydrogen-bond donors (Lipinski definition) is 2. The number of benzene rings is 2. The maximum Gasteiger partial charge on any atom is 0.261 e. The molecule has 108 valence electrons. The van der Waals surface area contributed by atoms with Crippen LogP contribution in [0.4, 0.5) is 11.4 Å². The van der Waals surface area contributed by atoms with Gasteiger partial charge in [0.05, 0.1) is 11.3 Å². The molecule has 0 radical (unpaired) electrons. The third-order valence-electron chi connectivity index (χ3n) is 3.28. The van der Waals surface area contributed by atoms with Crippen molar-refractivity contribution in [3.63, 3.8) is 0 Å². The molecular formula is C15H14N2O3S. The summed E-state index contributed by atoms with van der Waals surface area (Å²) in [5.41, 5.74) is 2.87. The summed E-state index contributed by atoms with van der Waals surface area (Å²) < 4.78 is 27.3. The fourth-order valence-electron chi connectivity index (χ4n) is 2.30. The molecule has 2 aromatic carbocycles. The van der Waals surface area contributed by atoms with Gasteiger partial charge in [-0.15, -0.1) is 0 Å². The van der Waals surface area contributed by atoms with Crippen molar-refractivity contribution in [1.82, 2.24) is 0 Å². The van der Waals surface area contributed by atoms with Crippen molar-refractivity contribution in [1.29, 1.82) is 0 Å². The van der Waals surface area contributed by atoms with Gasteiger partial charge < -0.3 is 5.32 Å². The van der Waals surface area contributed by atoms with Crippen molar-refractivity contribution in [2.75, 3.05) is 10.0 Å². The van der Waals surface area contributed by atoms with E-state index in [4.69, 9.17) is 0 Å². The van der Waals surface area contributed by atoms with Crippen LogP contribution in [-0.4, -0.2) is 14.3 Å². The van der Waals surface area contributed by atoms with Crippen LogP contribution in [-0.2, 0) is 21.2 Å². The second kappa shape index (κ2) is 4.89. The lowest BCUT2D eigenvalue weighted by Gasteiger charge is -2.09. The average molecular weight is 302 g/mol. The van der Waals surface area contributed by atoms with E-state index in [1.807, 2.05) is 13.0 Å². The summed E-state index contributed by atoms with van der Waals surface area (Å²) in [7, 11) is -3.66. The van der Waals surface area contributed by atoms with Gasteiger partial charge in [0.15, 0.2) is 0 Å². The maximum atomic E-state index is 12.4. The molecule has 1 amide bonds. The molecule has 21 heavy (non-hydrogen) atoms. The SMILES string of the molecule is Cc1cccc(NS(=O)(=O)c2ccc3c(c2)CC(=O)N3)c1. The Balaban J connectivity index is 1.92. The highest BCUT2D eigenvalue weighted by Crippen LogP contribution is 2.26. The van der Waals surface area contributed by atoms with Crippen LogP contribution < -0.4 is 10.0 Å². The Hall–Kier alpha value is -2.34. The zero-order valence-electron chi connectivity index (χ0n) is 11.4. The Morgan fingerprint density at radius 2 is 1.95 bits per heavy atom. The summed E-state index contributed by atoms with van der Waals surface area (Å²) in [6.07, 6.45) is 0.211. The fraction of sp³-hybridized carbons (Fsp3) is 0.133. The van der Waals surface area contributed by atoms with Crippen molar-refractivity contribution >= 4 is 27.3 Å². The Labute approximate surface area is 123 Å². The highest BCUT2D eigenvalue weighted by Gasteiger charge is 2.21. The minimum atomic E-state index is -3.66. The molecule has 0 aromatic heterocycles. The Kier molecular flexibility index (Phi) is 3.17. The van der Waals surface area contributed by atoms with Crippen LogP contribution in [0, 0.1) is 6.92 Å². The van der Waals surface area contributed by atoms with Crippen molar-refractivity contribution in [3.8, 4) is 0 Å². The Morgan fingerprint density at radius 1 is 1.14 bits per heavy atom. The smallest absolute Gasteiger partial charge is 0.261 e. The molecule has 1 aliphatic heterocycles. The predicted octanol–water partition coefficient (Wildman–Crippen LogP) is 2.29. The second-order valence-electron chi connectivity index (χ2n) is 5.02. The van der Waals surface area contributed by atoms with Crippen LogP contribution in [0.15, 0.2) is 47.4 Å². The van der Waals surface area contributed by atoms with E-state index in [-0.39, 0.29) is 17.2 Å². The number of aryl methyl sites for hydroxylation is 1. The minimum Gasteiger partial charge on any atom is -0.326 e. The topological polar surface area (TPSA) is 75.3 Å². The molecule has 0 unspecified atom stereocenters. The van der Waals surface area contributed by atoms with Crippen LogP contribution in [0.3, 0.4) is 0 Å². The lowest BCUT2D eigenvalue weighted by atomic mass is 10.2. The number of sulfonamides is 1. The number of anilines is 2. The molecule has 0 spiro atoms. The zero-order valence-corrected chi connectivity index (χ0v) is 12.2. The lowest BCUT2D eigenvalue weighted by molar-refractivity contribution is -0.115. The Bertz CT molecular complexity index is 829. The number of hydrogen-bond acceptors (Lipinski definition) is 3. The van der Waals surface area contributed by atoms with Gasteiger partial charge in [0.2, 0.25) is 5.91 Å². The van der Waals surface area contributed by atoms with E-state index in [2.05, 4.69) is 10.0 Å². The first-order valence-corrected chi connectivity index (χ1v) is 7.95. The summed E-state index contributed by atoms with van der Waals surface area (Å²) in [6, 6.07) is 11.8. The fourth-order valence-corrected chi connectivity index (χ4v) is 3.40. The van der Waals surface area contributed by atoms with Gasteiger partial charge in [0.25, 0.3) is 10.0 Å². The molecule has 6 heteroatoms. The van der Waals surface area contributed by atoms with Gasteiger partial charge in [-0.3, -0.25) is 9.52 Å². The highest BCUT2D eigenvalue weighted by atomic mass is 32.2. The third-order valence-corrected chi connectivity index (χ3v) is 4.66. The first kappa shape index (κ1) is 13.6. The van der Waals surface area contributed by atoms with Crippen LogP contribution >= 0.6 is 0 Å². The molecular weight excluding hydrogens is 288 g/mol. The molecule has 0 fully saturated rings. The first-order chi connectivity index (χ1) is 9.94. The number of rotatable bonds is 3. The van der Waals surface area contributed by atoms with E-state index in [1.165, 1.54) is 12.1 Å². The second-order valence-corrected chi connectivity index (χ2v) is 6.70. The highest BCUT2D eigenvalue weighted by molar-refractivity contribution is 7.92. The molecule has 0 atom stereocenters. The molecule has 0 bridgehead atoms. The predicted molar refractivity (Wildman–Crippen MR) is 80.8 cm³/mol. The van der Waals surface area contributed by atoms with Crippen LogP contribution in [0.25, 0.3) is 0 Å². The monoisotopic (exact) mass is 302 g/mol. The number of amides is 1. The molecule has 0 saturated heterocycles. The van der Waals surface area contributed by atoms with Crippen LogP contribution in [0.5, 0.6) is 0 Å². The van der Waals surface area contributed by atoms with Gasteiger partial charge in [0, 0.05) is 11.4 Å². The minimum absolute atomic E-state index is 0.119. The molecule has 2 N–H and O–H groups in total. The normalized spacial score (nSPS) is 13.7. The van der Waals surface area contributed by atoms with Crippen molar-refractivity contribution < 1.29 is 13.2 Å². The van der Waals surface area contributed by atoms with Gasteiger partial charge in [-0.1, -0.05) is 12.1 Å². The maximum absolute atomic E-state index is 12.4. The molecule has 5 nitrogen and oxygen atoms in total. The van der Waals surface area contributed by atoms with Gasteiger partial charge >= 0.3 is 0 Å². The number of carbonyl (C=O) groups excluding carboxylic acids is 1. The zero-order chi connectivity index (χ0) is 15.0. The first-order valence-electron chi connectivity index (χ1n) is 6.46. The standard InChI is InChI=1S/C15H14N2O3S/c1-10-3-2-4-12(7-10)17-21(19,20)13-5-6-14-11(8-13)9-15(18)16-14/h2-8,17H,9H2,1H3,(H,16,18). The van der Waals surface area contributed by atoms with Gasteiger partial charge in [0.1, 0.15) is 0 Å². The third kappa shape index (κ3) is 2.75. The molecule has 3 rings (SSSR count). The summed E-state index contributed by atoms with van der Waals surface area (Å²) in [5, 5.41) is 2.68. The van der Waals surface area contributed by atoms with Crippen molar-refractivity contribution in [2.24, 2.45) is 0 Å². The van der Waals surface area contributed by atoms with Gasteiger partial charge in [-0.05, 0) is 48.4 Å². The quantitative estimate of drug-likeness (QED) is 0.913. The molecule has 2 aromatic rings. The van der Waals surface area contributed by atoms with Crippen molar-refractivity contribution in [3.05, 3.63) is 53.6 Å². The van der Waals surface area contributed by atoms with E-state index < -0.39 is 10.0 Å². The number of fused-ring (bicyclic) bond motifs is 1. The number of nitrogens with one attached hydrogen (secondary N) is 2. The van der Waals surface area contributed by atoms with E-state index in [9.17, 15) is 13.2 Å². The van der Waals surface area contributed by atoms with Gasteiger partial charge in [-0.2, -0.15) is 0 Å². The molecule has 1 heterocycles. The lowest BCUT2D eigenvalue weighted by Crippen LogP contribution is -2.13. The number of carbonyl (C=O) groups is 1. The van der Waals surface area contributed by atoms with E-state index in [0.717, 1.165) is 5.56 Å². The van der Waals surface area contributed by atoms with Crippen molar-refractivity contribution in [2.45, 2.75) is 18.2 Å². The summed E-state index contributed by atoms with van der Waals surface area (Å²) in [6.45, 7) is 1.89. The summed E-state index contributed by atoms with van der Waals surface area (Å²) in [5.74, 6) is -0.119. The van der Waals surface area contributed by atoms with Gasteiger partial charge in [-0.25, -0.2) is 8.42 Å².